The maximum atomic E-state index is 13.1. The Morgan fingerprint density at radius 2 is 1.85 bits per heavy atom. The highest BCUT2D eigenvalue weighted by Gasteiger charge is 2.33. The third kappa shape index (κ3) is 5.05. The first-order valence-electron chi connectivity index (χ1n) is 12.5. The fourth-order valence-corrected chi connectivity index (χ4v) is 4.72. The summed E-state index contributed by atoms with van der Waals surface area (Å²) in [5.41, 5.74) is 3.53. The second-order valence-electron chi connectivity index (χ2n) is 9.77. The zero-order valence-electron chi connectivity index (χ0n) is 19.7. The molecule has 3 fully saturated rings. The van der Waals surface area contributed by atoms with E-state index in [0.29, 0.717) is 11.5 Å². The molecule has 0 aromatic carbocycles. The summed E-state index contributed by atoms with van der Waals surface area (Å²) in [6, 6.07) is 6.28. The summed E-state index contributed by atoms with van der Waals surface area (Å²) in [6.07, 6.45) is 13.0. The summed E-state index contributed by atoms with van der Waals surface area (Å²) < 4.78 is 0. The Kier molecular flexibility index (Phi) is 6.34. The average Bonchev–Trinajstić information content (AvgIpc) is 3.77. The molecule has 5 rings (SSSR count). The number of hydrogen-bond donors (Lipinski definition) is 0. The van der Waals surface area contributed by atoms with Gasteiger partial charge in [-0.25, -0.2) is 9.97 Å². The molecule has 0 atom stereocenters. The molecule has 0 radical (unpaired) electrons. The zero-order valence-corrected chi connectivity index (χ0v) is 19.7. The number of unbranched alkanes of at least 4 members (excludes halogenated alkanes) is 1. The Hall–Kier alpha value is -2.89. The normalized spacial score (nSPS) is 18.3. The van der Waals surface area contributed by atoms with Gasteiger partial charge in [0.1, 0.15) is 11.6 Å². The van der Waals surface area contributed by atoms with Crippen LogP contribution in [-0.4, -0.2) is 60.5 Å². The number of carbonyl (C=O) groups excluding carboxylic acids is 1. The molecule has 33 heavy (non-hydrogen) atoms. The highest BCUT2D eigenvalue weighted by molar-refractivity contribution is 5.94. The van der Waals surface area contributed by atoms with Crippen LogP contribution >= 0.6 is 0 Å². The molecule has 0 spiro atoms. The van der Waals surface area contributed by atoms with E-state index in [1.54, 1.807) is 6.20 Å². The van der Waals surface area contributed by atoms with Gasteiger partial charge in [-0.1, -0.05) is 12.1 Å². The lowest BCUT2D eigenvalue weighted by Gasteiger charge is -2.36. The van der Waals surface area contributed by atoms with Crippen LogP contribution in [0.1, 0.15) is 71.8 Å². The standard InChI is InChI=1S/C27H35N5O/c1-3-4-5-12-30(2)25-11-10-22(18-28-25)27(33)32-15-13-31(14-16-32)26-24(21-8-9-21)17-23(19-29-26)20-6-7-20/h3,10-11,17-21H,1,4-9,12-16H2,2H3. The van der Waals surface area contributed by atoms with E-state index in [-0.39, 0.29) is 5.91 Å². The van der Waals surface area contributed by atoms with E-state index < -0.39 is 0 Å². The zero-order chi connectivity index (χ0) is 22.8. The lowest BCUT2D eigenvalue weighted by Crippen LogP contribution is -2.49. The largest absolute Gasteiger partial charge is 0.360 e. The Balaban J connectivity index is 1.19. The monoisotopic (exact) mass is 445 g/mol. The van der Waals surface area contributed by atoms with Crippen molar-refractivity contribution in [2.45, 2.75) is 50.4 Å². The predicted octanol–water partition coefficient (Wildman–Crippen LogP) is 4.60. The Morgan fingerprint density at radius 1 is 1.09 bits per heavy atom. The topological polar surface area (TPSA) is 52.6 Å². The minimum Gasteiger partial charge on any atom is -0.360 e. The number of anilines is 2. The highest BCUT2D eigenvalue weighted by atomic mass is 16.2. The van der Waals surface area contributed by atoms with Crippen LogP contribution in [0, 0.1) is 0 Å². The maximum Gasteiger partial charge on any atom is 0.255 e. The molecule has 6 nitrogen and oxygen atoms in total. The first-order valence-corrected chi connectivity index (χ1v) is 12.5. The van der Waals surface area contributed by atoms with Gasteiger partial charge >= 0.3 is 0 Å². The van der Waals surface area contributed by atoms with Crippen molar-refractivity contribution in [2.75, 3.05) is 49.6 Å². The van der Waals surface area contributed by atoms with Gasteiger partial charge in [0, 0.05) is 52.2 Å². The van der Waals surface area contributed by atoms with Crippen LogP contribution in [0.4, 0.5) is 11.6 Å². The molecule has 2 aliphatic carbocycles. The van der Waals surface area contributed by atoms with Crippen molar-refractivity contribution in [1.29, 1.82) is 0 Å². The summed E-state index contributed by atoms with van der Waals surface area (Å²) in [7, 11) is 2.03. The molecule has 2 aromatic heterocycles. The second kappa shape index (κ2) is 9.54. The van der Waals surface area contributed by atoms with Gasteiger partial charge in [0.2, 0.25) is 0 Å². The van der Waals surface area contributed by atoms with Crippen LogP contribution in [0.5, 0.6) is 0 Å². The SMILES string of the molecule is C=CCCCN(C)c1ccc(C(=O)N2CCN(c3ncc(C4CC4)cc3C3CC3)CC2)cn1. The molecule has 1 amide bonds. The van der Waals surface area contributed by atoms with Crippen LogP contribution in [0.25, 0.3) is 0 Å². The summed E-state index contributed by atoms with van der Waals surface area (Å²) in [5.74, 6) is 3.55. The van der Waals surface area contributed by atoms with Crippen LogP contribution in [0.15, 0.2) is 43.2 Å². The minimum atomic E-state index is 0.0717. The number of aromatic nitrogens is 2. The average molecular weight is 446 g/mol. The first kappa shape index (κ1) is 21.9. The summed E-state index contributed by atoms with van der Waals surface area (Å²) >= 11 is 0. The number of amides is 1. The fourth-order valence-electron chi connectivity index (χ4n) is 4.72. The fraction of sp³-hybridized carbons (Fsp3) is 0.519. The third-order valence-corrected chi connectivity index (χ3v) is 7.14. The van der Waals surface area contributed by atoms with Crippen molar-refractivity contribution >= 4 is 17.5 Å². The molecular weight excluding hydrogens is 410 g/mol. The van der Waals surface area contributed by atoms with E-state index >= 15 is 0 Å². The van der Waals surface area contributed by atoms with Crippen molar-refractivity contribution in [3.8, 4) is 0 Å². The number of nitrogens with zero attached hydrogens (tertiary/aromatic N) is 5. The van der Waals surface area contributed by atoms with Gasteiger partial charge in [0.05, 0.1) is 5.56 Å². The van der Waals surface area contributed by atoms with Crippen molar-refractivity contribution in [3.63, 3.8) is 0 Å². The van der Waals surface area contributed by atoms with E-state index in [0.717, 1.165) is 63.1 Å². The highest BCUT2D eigenvalue weighted by Crippen LogP contribution is 2.47. The molecular formula is C27H35N5O. The van der Waals surface area contributed by atoms with E-state index in [1.807, 2.05) is 30.2 Å². The number of pyridine rings is 2. The minimum absolute atomic E-state index is 0.0717. The molecule has 0 N–H and O–H groups in total. The van der Waals surface area contributed by atoms with Crippen molar-refractivity contribution in [2.24, 2.45) is 0 Å². The summed E-state index contributed by atoms with van der Waals surface area (Å²) in [4.78, 5) is 29.0. The number of rotatable bonds is 9. The second-order valence-corrected chi connectivity index (χ2v) is 9.77. The molecule has 2 aromatic rings. The lowest BCUT2D eigenvalue weighted by molar-refractivity contribution is 0.0746. The van der Waals surface area contributed by atoms with Gasteiger partial charge < -0.3 is 14.7 Å². The van der Waals surface area contributed by atoms with Crippen LogP contribution in [0.2, 0.25) is 0 Å². The molecule has 3 aliphatic rings. The third-order valence-electron chi connectivity index (χ3n) is 7.14. The molecule has 1 saturated heterocycles. The van der Waals surface area contributed by atoms with Crippen LogP contribution in [-0.2, 0) is 0 Å². The molecule has 0 bridgehead atoms. The van der Waals surface area contributed by atoms with Crippen molar-refractivity contribution in [3.05, 3.63) is 59.9 Å². The number of hydrogen-bond acceptors (Lipinski definition) is 5. The van der Waals surface area contributed by atoms with Gasteiger partial charge in [-0.15, -0.1) is 6.58 Å². The first-order chi connectivity index (χ1) is 16.1. The quantitative estimate of drug-likeness (QED) is 0.417. The van der Waals surface area contributed by atoms with Gasteiger partial charge in [-0.3, -0.25) is 4.79 Å². The Bertz CT molecular complexity index is 988. The van der Waals surface area contributed by atoms with E-state index in [9.17, 15) is 4.79 Å². The molecule has 0 unspecified atom stereocenters. The summed E-state index contributed by atoms with van der Waals surface area (Å²) in [6.45, 7) is 7.80. The Morgan fingerprint density at radius 3 is 2.48 bits per heavy atom. The molecule has 6 heteroatoms. The summed E-state index contributed by atoms with van der Waals surface area (Å²) in [5, 5.41) is 0. The predicted molar refractivity (Wildman–Crippen MR) is 133 cm³/mol. The number of carbonyl (C=O) groups is 1. The van der Waals surface area contributed by atoms with Crippen LogP contribution < -0.4 is 9.80 Å². The molecule has 174 valence electrons. The van der Waals surface area contributed by atoms with Gasteiger partial charge in [-0.05, 0) is 73.6 Å². The Labute approximate surface area is 197 Å². The smallest absolute Gasteiger partial charge is 0.255 e. The van der Waals surface area contributed by atoms with Gasteiger partial charge in [0.25, 0.3) is 5.91 Å². The lowest BCUT2D eigenvalue weighted by atomic mass is 10.1. The maximum absolute atomic E-state index is 13.1. The van der Waals surface area contributed by atoms with E-state index in [1.165, 1.54) is 36.8 Å². The van der Waals surface area contributed by atoms with Crippen molar-refractivity contribution < 1.29 is 4.79 Å². The molecule has 3 heterocycles. The van der Waals surface area contributed by atoms with Crippen molar-refractivity contribution in [1.82, 2.24) is 14.9 Å². The van der Waals surface area contributed by atoms with E-state index in [2.05, 4.69) is 33.6 Å². The number of allylic oxidation sites excluding steroid dienone is 1. The van der Waals surface area contributed by atoms with Crippen LogP contribution in [0.3, 0.4) is 0 Å². The van der Waals surface area contributed by atoms with Gasteiger partial charge in [0.15, 0.2) is 0 Å². The number of piperazine rings is 1. The molecule has 1 aliphatic heterocycles. The molecule has 2 saturated carbocycles. The van der Waals surface area contributed by atoms with E-state index in [4.69, 9.17) is 4.98 Å². The van der Waals surface area contributed by atoms with Gasteiger partial charge in [-0.2, -0.15) is 0 Å².